The van der Waals surface area contributed by atoms with Crippen LogP contribution >= 0.6 is 30.6 Å². The smallest absolute Gasteiger partial charge is 0.332 e. The largest absolute Gasteiger partial charge is 0.399 e. The lowest BCUT2D eigenvalue weighted by molar-refractivity contribution is 0.357. The van der Waals surface area contributed by atoms with E-state index in [9.17, 15) is 0 Å². The van der Waals surface area contributed by atoms with E-state index >= 15 is 0 Å². The van der Waals surface area contributed by atoms with Gasteiger partial charge >= 0.3 is 5.56 Å². The molecule has 0 spiro atoms. The Bertz CT molecular complexity index is 51.4. The Morgan fingerprint density at radius 1 is 1.57 bits per heavy atom. The first-order valence-electron chi connectivity index (χ1n) is 2.08. The van der Waals surface area contributed by atoms with Crippen molar-refractivity contribution in [1.82, 2.24) is 0 Å². The van der Waals surface area contributed by atoms with Crippen LogP contribution < -0.4 is 0 Å². The van der Waals surface area contributed by atoms with Crippen molar-refractivity contribution in [3.8, 4) is 0 Å². The molecule has 0 amide bonds. The highest BCUT2D eigenvalue weighted by atomic mass is 79.9. The molecule has 0 aromatic rings. The average Bonchev–Trinajstić information content (AvgIpc) is 1.30. The second-order valence-electron chi connectivity index (χ2n) is 1.24. The summed E-state index contributed by atoms with van der Waals surface area (Å²) in [6, 6.07) is 0. The Balaban J connectivity index is 3.15. The van der Waals surface area contributed by atoms with Crippen molar-refractivity contribution in [3.63, 3.8) is 0 Å². The molecular weight excluding hydrogens is 240 g/mol. The monoisotopic (exact) mass is 246 g/mol. The van der Waals surface area contributed by atoms with E-state index in [0.29, 0.717) is 0 Å². The molecule has 0 radical (unpaired) electrons. The van der Waals surface area contributed by atoms with E-state index in [1.807, 2.05) is 13.5 Å². The summed E-state index contributed by atoms with van der Waals surface area (Å²) in [5, 5.41) is 0. The van der Waals surface area contributed by atoms with Crippen LogP contribution in [0.3, 0.4) is 0 Å². The van der Waals surface area contributed by atoms with E-state index in [1.54, 1.807) is 0 Å². The van der Waals surface area contributed by atoms with Crippen molar-refractivity contribution in [2.24, 2.45) is 0 Å². The third-order valence-corrected chi connectivity index (χ3v) is 2.57. The van der Waals surface area contributed by atoms with Gasteiger partial charge in [0.25, 0.3) is 0 Å². The molecule has 0 aromatic carbocycles. The molecule has 0 saturated heterocycles. The van der Waals surface area contributed by atoms with Crippen molar-refractivity contribution in [2.75, 3.05) is 6.61 Å². The van der Waals surface area contributed by atoms with Crippen LogP contribution in [0.25, 0.3) is 0 Å². The Hall–Kier alpha value is 1.14. The summed E-state index contributed by atoms with van der Waals surface area (Å²) in [7, 11) is 0. The third-order valence-electron chi connectivity index (χ3n) is 0.398. The quantitative estimate of drug-likeness (QED) is 0.538. The number of hydrogen-bond donors (Lipinski definition) is 0. The van der Waals surface area contributed by atoms with Crippen LogP contribution in [0.4, 0.5) is 0 Å². The van der Waals surface area contributed by atoms with Crippen LogP contribution in [-0.4, -0.2) is 12.2 Å². The summed E-state index contributed by atoms with van der Waals surface area (Å²) in [5.74, 6) is 0. The minimum Gasteiger partial charge on any atom is -0.399 e. The summed E-state index contributed by atoms with van der Waals surface area (Å²) >= 11 is 6.74. The minimum absolute atomic E-state index is 0.777. The molecule has 0 aliphatic carbocycles. The van der Waals surface area contributed by atoms with E-state index in [1.165, 1.54) is 0 Å². The van der Waals surface area contributed by atoms with Gasteiger partial charge in [-0.25, -0.2) is 0 Å². The molecule has 0 atom stereocenters. The van der Waals surface area contributed by atoms with Crippen molar-refractivity contribution < 1.29 is 4.43 Å². The molecule has 0 rings (SSSR count). The highest BCUT2D eigenvalue weighted by Gasteiger charge is 2.18. The van der Waals surface area contributed by atoms with E-state index in [4.69, 9.17) is 4.43 Å². The van der Waals surface area contributed by atoms with Crippen LogP contribution in [0.15, 0.2) is 0 Å². The fourth-order valence-corrected chi connectivity index (χ4v) is 2.13. The van der Waals surface area contributed by atoms with Crippen LogP contribution in [0, 0.1) is 0 Å². The Labute approximate surface area is 60.7 Å². The van der Waals surface area contributed by atoms with Gasteiger partial charge in [0.2, 0.25) is 0 Å². The molecule has 0 fully saturated rings. The fourth-order valence-electron chi connectivity index (χ4n) is 0.253. The zero-order chi connectivity index (χ0) is 5.91. The summed E-state index contributed by atoms with van der Waals surface area (Å²) in [6.07, 6.45) is 0. The van der Waals surface area contributed by atoms with Crippen molar-refractivity contribution in [1.29, 1.82) is 0 Å². The van der Waals surface area contributed by atoms with Gasteiger partial charge < -0.3 is 4.43 Å². The van der Waals surface area contributed by atoms with E-state index < -0.39 is 5.56 Å². The lowest BCUT2D eigenvalue weighted by Gasteiger charge is -2.08. The second-order valence-corrected chi connectivity index (χ2v) is 15.4. The number of halogens is 2. The first-order valence-corrected chi connectivity index (χ1v) is 9.00. The van der Waals surface area contributed by atoms with Crippen LogP contribution in [0.2, 0.25) is 6.55 Å². The highest BCUT2D eigenvalue weighted by Crippen LogP contribution is 2.19. The van der Waals surface area contributed by atoms with Gasteiger partial charge in [0.1, 0.15) is 0 Å². The highest BCUT2D eigenvalue weighted by molar-refractivity contribution is 9.50. The molecular formula is C3H8Br2OSi. The third kappa shape index (κ3) is 7.14. The Morgan fingerprint density at radius 2 is 2.00 bits per heavy atom. The molecule has 4 heteroatoms. The fraction of sp³-hybridized carbons (Fsp3) is 1.00. The van der Waals surface area contributed by atoms with Crippen LogP contribution in [-0.2, 0) is 4.43 Å². The molecule has 0 bridgehead atoms. The van der Waals surface area contributed by atoms with E-state index in [-0.39, 0.29) is 0 Å². The zero-order valence-electron chi connectivity index (χ0n) is 4.37. The normalized spacial score (nSPS) is 12.0. The minimum atomic E-state index is -1.53. The first kappa shape index (κ1) is 8.14. The Morgan fingerprint density at radius 3 is 2.00 bits per heavy atom. The topological polar surface area (TPSA) is 9.23 Å². The van der Waals surface area contributed by atoms with Gasteiger partial charge in [-0.1, -0.05) is 30.6 Å². The lowest BCUT2D eigenvalue weighted by atomic mass is 10.9. The van der Waals surface area contributed by atoms with Crippen LogP contribution in [0.1, 0.15) is 6.92 Å². The molecule has 0 N–H and O–H groups in total. The zero-order valence-corrected chi connectivity index (χ0v) is 8.54. The van der Waals surface area contributed by atoms with E-state index in [2.05, 4.69) is 30.6 Å². The molecule has 0 aliphatic heterocycles. The van der Waals surface area contributed by atoms with Crippen molar-refractivity contribution in [2.45, 2.75) is 13.5 Å². The molecule has 7 heavy (non-hydrogen) atoms. The van der Waals surface area contributed by atoms with Gasteiger partial charge in [-0.15, -0.1) is 0 Å². The molecule has 0 aliphatic rings. The molecule has 0 aromatic heterocycles. The lowest BCUT2D eigenvalue weighted by Crippen LogP contribution is -2.16. The maximum atomic E-state index is 5.20. The predicted octanol–water partition coefficient (Wildman–Crippen LogP) is 2.38. The van der Waals surface area contributed by atoms with Gasteiger partial charge in [-0.3, -0.25) is 0 Å². The van der Waals surface area contributed by atoms with Crippen molar-refractivity contribution in [3.05, 3.63) is 0 Å². The molecule has 0 saturated carbocycles. The molecule has 44 valence electrons. The second kappa shape index (κ2) is 3.22. The summed E-state index contributed by atoms with van der Waals surface area (Å²) in [5.41, 5.74) is -1.53. The van der Waals surface area contributed by atoms with Gasteiger partial charge in [0.05, 0.1) is 0 Å². The summed E-state index contributed by atoms with van der Waals surface area (Å²) in [4.78, 5) is 0. The van der Waals surface area contributed by atoms with Gasteiger partial charge in [0.15, 0.2) is 0 Å². The molecule has 0 unspecified atom stereocenters. The maximum Gasteiger partial charge on any atom is 0.332 e. The van der Waals surface area contributed by atoms with Crippen molar-refractivity contribution >= 4 is 36.1 Å². The average molecular weight is 248 g/mol. The standard InChI is InChI=1S/C3H8Br2OSi/c1-3-6-7(2,4)5/h3H2,1-2H3. The van der Waals surface area contributed by atoms with Gasteiger partial charge in [-0.05, 0) is 13.5 Å². The van der Waals surface area contributed by atoms with Gasteiger partial charge in [0, 0.05) is 6.61 Å². The summed E-state index contributed by atoms with van der Waals surface area (Å²) < 4.78 is 5.20. The molecule has 1 nitrogen and oxygen atoms in total. The number of hydrogen-bond acceptors (Lipinski definition) is 1. The SMILES string of the molecule is CCO[Si](C)(Br)Br. The number of rotatable bonds is 2. The van der Waals surface area contributed by atoms with E-state index in [0.717, 1.165) is 6.61 Å². The first-order chi connectivity index (χ1) is 3.06. The maximum absolute atomic E-state index is 5.20. The summed E-state index contributed by atoms with van der Waals surface area (Å²) in [6.45, 7) is 4.78. The Kier molecular flexibility index (Phi) is 3.74. The van der Waals surface area contributed by atoms with Gasteiger partial charge in [-0.2, -0.15) is 0 Å². The predicted molar refractivity (Wildman–Crippen MR) is 41.1 cm³/mol. The molecule has 0 heterocycles. The van der Waals surface area contributed by atoms with Crippen LogP contribution in [0.5, 0.6) is 0 Å².